The van der Waals surface area contributed by atoms with Gasteiger partial charge in [-0.25, -0.2) is 12.7 Å². The standard InChI is InChI=1S/C9H17NO2S/c1-5-13(11,12)10(4)7-8-6-9(8,2)3/h5,8H,1,6-7H2,2-4H3. The van der Waals surface area contributed by atoms with E-state index in [0.29, 0.717) is 17.9 Å². The van der Waals surface area contributed by atoms with Gasteiger partial charge in [-0.2, -0.15) is 0 Å². The van der Waals surface area contributed by atoms with E-state index >= 15 is 0 Å². The van der Waals surface area contributed by atoms with Gasteiger partial charge in [0.15, 0.2) is 0 Å². The minimum atomic E-state index is -3.21. The molecule has 0 aromatic heterocycles. The molecule has 0 saturated heterocycles. The Bertz CT molecular complexity index is 306. The molecule has 1 aliphatic rings. The molecule has 76 valence electrons. The minimum absolute atomic E-state index is 0.324. The van der Waals surface area contributed by atoms with Gasteiger partial charge in [0.1, 0.15) is 0 Å². The fourth-order valence-electron chi connectivity index (χ4n) is 1.43. The van der Waals surface area contributed by atoms with Crippen molar-refractivity contribution >= 4 is 10.0 Å². The molecule has 0 aromatic carbocycles. The summed E-state index contributed by atoms with van der Waals surface area (Å²) in [5.41, 5.74) is 0.324. The molecule has 1 unspecified atom stereocenters. The van der Waals surface area contributed by atoms with Crippen molar-refractivity contribution in [3.8, 4) is 0 Å². The number of nitrogens with zero attached hydrogens (tertiary/aromatic N) is 1. The summed E-state index contributed by atoms with van der Waals surface area (Å²) in [5, 5.41) is 1.00. The zero-order chi connectivity index (χ0) is 10.3. The highest BCUT2D eigenvalue weighted by Crippen LogP contribution is 2.51. The smallest absolute Gasteiger partial charge is 0.208 e. The second kappa shape index (κ2) is 3.10. The van der Waals surface area contributed by atoms with Crippen LogP contribution in [0.2, 0.25) is 0 Å². The third-order valence-corrected chi connectivity index (χ3v) is 4.28. The van der Waals surface area contributed by atoms with Crippen molar-refractivity contribution in [3.05, 3.63) is 12.0 Å². The molecule has 13 heavy (non-hydrogen) atoms. The van der Waals surface area contributed by atoms with Gasteiger partial charge in [0.25, 0.3) is 0 Å². The Morgan fingerprint density at radius 3 is 2.38 bits per heavy atom. The van der Waals surface area contributed by atoms with Gasteiger partial charge in [0, 0.05) is 19.0 Å². The van der Waals surface area contributed by atoms with E-state index in [1.54, 1.807) is 7.05 Å². The number of hydrogen-bond donors (Lipinski definition) is 0. The molecule has 0 spiro atoms. The Labute approximate surface area is 80.5 Å². The summed E-state index contributed by atoms with van der Waals surface area (Å²) in [6, 6.07) is 0. The van der Waals surface area contributed by atoms with Crippen molar-refractivity contribution in [1.82, 2.24) is 4.31 Å². The fraction of sp³-hybridized carbons (Fsp3) is 0.778. The lowest BCUT2D eigenvalue weighted by atomic mass is 10.1. The second-order valence-electron chi connectivity index (χ2n) is 4.38. The molecule has 4 heteroatoms. The highest BCUT2D eigenvalue weighted by Gasteiger charge is 2.46. The molecule has 1 rings (SSSR count). The van der Waals surface area contributed by atoms with E-state index < -0.39 is 10.0 Å². The third kappa shape index (κ3) is 2.31. The molecular weight excluding hydrogens is 186 g/mol. The Hall–Kier alpha value is -0.350. The topological polar surface area (TPSA) is 37.4 Å². The second-order valence-corrected chi connectivity index (χ2v) is 6.37. The lowest BCUT2D eigenvalue weighted by Crippen LogP contribution is -2.27. The molecule has 0 heterocycles. The van der Waals surface area contributed by atoms with Crippen LogP contribution in [0.4, 0.5) is 0 Å². The quantitative estimate of drug-likeness (QED) is 0.693. The van der Waals surface area contributed by atoms with Gasteiger partial charge >= 0.3 is 0 Å². The molecule has 0 N–H and O–H groups in total. The lowest BCUT2D eigenvalue weighted by molar-refractivity contribution is 0.424. The van der Waals surface area contributed by atoms with Gasteiger partial charge in [-0.05, 0) is 17.8 Å². The lowest BCUT2D eigenvalue weighted by Gasteiger charge is -2.14. The molecule has 0 aliphatic heterocycles. The zero-order valence-electron chi connectivity index (χ0n) is 8.45. The van der Waals surface area contributed by atoms with Crippen molar-refractivity contribution in [2.24, 2.45) is 11.3 Å². The van der Waals surface area contributed by atoms with Crippen LogP contribution in [0, 0.1) is 11.3 Å². The monoisotopic (exact) mass is 203 g/mol. The molecule has 1 fully saturated rings. The first-order valence-electron chi connectivity index (χ1n) is 4.38. The first kappa shape index (κ1) is 10.7. The molecular formula is C9H17NO2S. The third-order valence-electron chi connectivity index (χ3n) is 2.84. The van der Waals surface area contributed by atoms with Crippen molar-refractivity contribution in [1.29, 1.82) is 0 Å². The molecule has 0 amide bonds. The minimum Gasteiger partial charge on any atom is -0.208 e. The van der Waals surface area contributed by atoms with Gasteiger partial charge in [-0.3, -0.25) is 0 Å². The van der Waals surface area contributed by atoms with Crippen LogP contribution >= 0.6 is 0 Å². The van der Waals surface area contributed by atoms with E-state index in [4.69, 9.17) is 0 Å². The molecule has 3 nitrogen and oxygen atoms in total. The predicted octanol–water partition coefficient (Wildman–Crippen LogP) is 1.44. The van der Waals surface area contributed by atoms with Crippen LogP contribution in [0.15, 0.2) is 12.0 Å². The fourth-order valence-corrected chi connectivity index (χ4v) is 2.07. The summed E-state index contributed by atoms with van der Waals surface area (Å²) < 4.78 is 23.9. The van der Waals surface area contributed by atoms with Crippen LogP contribution in [-0.4, -0.2) is 26.3 Å². The van der Waals surface area contributed by atoms with Crippen LogP contribution in [0.1, 0.15) is 20.3 Å². The molecule has 0 bridgehead atoms. The molecule has 0 aromatic rings. The van der Waals surface area contributed by atoms with E-state index in [9.17, 15) is 8.42 Å². The Morgan fingerprint density at radius 2 is 2.08 bits per heavy atom. The van der Waals surface area contributed by atoms with E-state index in [2.05, 4.69) is 20.4 Å². The van der Waals surface area contributed by atoms with Crippen molar-refractivity contribution in [2.45, 2.75) is 20.3 Å². The normalized spacial score (nSPS) is 26.0. The van der Waals surface area contributed by atoms with Gasteiger partial charge in [-0.15, -0.1) is 0 Å². The number of sulfonamides is 1. The molecule has 1 saturated carbocycles. The highest BCUT2D eigenvalue weighted by molar-refractivity contribution is 7.91. The SMILES string of the molecule is C=CS(=O)(=O)N(C)CC1CC1(C)C. The van der Waals surface area contributed by atoms with E-state index in [1.807, 2.05) is 0 Å². The molecule has 0 radical (unpaired) electrons. The van der Waals surface area contributed by atoms with Gasteiger partial charge in [-0.1, -0.05) is 20.4 Å². The summed E-state index contributed by atoms with van der Waals surface area (Å²) in [4.78, 5) is 0. The first-order valence-corrected chi connectivity index (χ1v) is 5.89. The Morgan fingerprint density at radius 1 is 1.62 bits per heavy atom. The average molecular weight is 203 g/mol. The van der Waals surface area contributed by atoms with Crippen LogP contribution in [0.3, 0.4) is 0 Å². The highest BCUT2D eigenvalue weighted by atomic mass is 32.2. The van der Waals surface area contributed by atoms with Crippen LogP contribution in [-0.2, 0) is 10.0 Å². The van der Waals surface area contributed by atoms with Crippen LogP contribution < -0.4 is 0 Å². The van der Waals surface area contributed by atoms with Gasteiger partial charge < -0.3 is 0 Å². The van der Waals surface area contributed by atoms with Crippen molar-refractivity contribution in [3.63, 3.8) is 0 Å². The summed E-state index contributed by atoms with van der Waals surface area (Å²) in [5.74, 6) is 0.507. The van der Waals surface area contributed by atoms with Crippen LogP contribution in [0.25, 0.3) is 0 Å². The van der Waals surface area contributed by atoms with Gasteiger partial charge in [0.2, 0.25) is 10.0 Å². The summed E-state index contributed by atoms with van der Waals surface area (Å²) >= 11 is 0. The number of hydrogen-bond acceptors (Lipinski definition) is 2. The van der Waals surface area contributed by atoms with Crippen molar-refractivity contribution < 1.29 is 8.42 Å². The van der Waals surface area contributed by atoms with E-state index in [-0.39, 0.29) is 0 Å². The largest absolute Gasteiger partial charge is 0.235 e. The average Bonchev–Trinajstić information content (AvgIpc) is 2.58. The van der Waals surface area contributed by atoms with Crippen molar-refractivity contribution in [2.75, 3.05) is 13.6 Å². The van der Waals surface area contributed by atoms with E-state index in [1.165, 1.54) is 4.31 Å². The number of rotatable bonds is 4. The predicted molar refractivity (Wildman–Crippen MR) is 53.6 cm³/mol. The van der Waals surface area contributed by atoms with E-state index in [0.717, 1.165) is 11.8 Å². The maximum absolute atomic E-state index is 11.3. The Balaban J connectivity index is 2.53. The van der Waals surface area contributed by atoms with Gasteiger partial charge in [0.05, 0.1) is 0 Å². The summed E-state index contributed by atoms with van der Waals surface area (Å²) in [6.07, 6.45) is 1.12. The zero-order valence-corrected chi connectivity index (χ0v) is 9.26. The Kier molecular flexibility index (Phi) is 2.56. The first-order chi connectivity index (χ1) is 5.79. The molecule has 1 aliphatic carbocycles. The summed E-state index contributed by atoms with van der Waals surface area (Å²) in [6.45, 7) is 8.22. The molecule has 1 atom stereocenters. The summed E-state index contributed by atoms with van der Waals surface area (Å²) in [7, 11) is -1.60. The van der Waals surface area contributed by atoms with Crippen LogP contribution in [0.5, 0.6) is 0 Å². The maximum atomic E-state index is 11.3. The maximum Gasteiger partial charge on any atom is 0.235 e.